The highest BCUT2D eigenvalue weighted by Gasteiger charge is 2.15. The monoisotopic (exact) mass is 326 g/mol. The number of aromatic nitrogens is 2. The van der Waals surface area contributed by atoms with Gasteiger partial charge in [0.05, 0.1) is 0 Å². The number of carbonyl (C=O) groups is 1. The van der Waals surface area contributed by atoms with Crippen molar-refractivity contribution in [3.63, 3.8) is 0 Å². The number of nitrogens with one attached hydrogen (secondary N) is 2. The lowest BCUT2D eigenvalue weighted by Gasteiger charge is -2.08. The number of rotatable bonds is 4. The zero-order valence-electron chi connectivity index (χ0n) is 12.3. The van der Waals surface area contributed by atoms with E-state index in [9.17, 15) is 13.6 Å². The Morgan fingerprint density at radius 2 is 1.62 bits per heavy atom. The van der Waals surface area contributed by atoms with E-state index in [4.69, 9.17) is 0 Å². The van der Waals surface area contributed by atoms with Gasteiger partial charge in [-0.25, -0.2) is 18.7 Å². The van der Waals surface area contributed by atoms with E-state index in [1.165, 1.54) is 18.5 Å². The fourth-order valence-corrected chi connectivity index (χ4v) is 2.01. The number of carbonyl (C=O) groups excluding carboxylic acids is 1. The Morgan fingerprint density at radius 1 is 0.917 bits per heavy atom. The Hall–Kier alpha value is -3.35. The normalized spacial score (nSPS) is 10.2. The molecule has 1 amide bonds. The minimum Gasteiger partial charge on any atom is -0.340 e. The summed E-state index contributed by atoms with van der Waals surface area (Å²) < 4.78 is 27.2. The van der Waals surface area contributed by atoms with Gasteiger partial charge in [-0.1, -0.05) is 24.3 Å². The molecule has 1 heterocycles. The van der Waals surface area contributed by atoms with Gasteiger partial charge in [0.1, 0.15) is 35.2 Å². The fourth-order valence-electron chi connectivity index (χ4n) is 2.01. The molecule has 120 valence electrons. The van der Waals surface area contributed by atoms with Crippen LogP contribution in [0.2, 0.25) is 0 Å². The molecule has 2 N–H and O–H groups in total. The van der Waals surface area contributed by atoms with Crippen LogP contribution in [0.4, 0.5) is 26.0 Å². The van der Waals surface area contributed by atoms with Crippen LogP contribution in [0.1, 0.15) is 10.5 Å². The molecule has 0 aliphatic carbocycles. The molecule has 24 heavy (non-hydrogen) atoms. The average molecular weight is 326 g/mol. The highest BCUT2D eigenvalue weighted by Crippen LogP contribution is 2.19. The summed E-state index contributed by atoms with van der Waals surface area (Å²) >= 11 is 0. The lowest BCUT2D eigenvalue weighted by Crippen LogP contribution is -2.16. The van der Waals surface area contributed by atoms with E-state index in [-0.39, 0.29) is 5.69 Å². The van der Waals surface area contributed by atoms with Crippen LogP contribution in [-0.2, 0) is 0 Å². The zero-order chi connectivity index (χ0) is 16.9. The summed E-state index contributed by atoms with van der Waals surface area (Å²) in [5, 5.41) is 5.19. The molecule has 0 unspecified atom stereocenters. The lowest BCUT2D eigenvalue weighted by molar-refractivity contribution is 0.102. The average Bonchev–Trinajstić information content (AvgIpc) is 2.59. The lowest BCUT2D eigenvalue weighted by atomic mass is 10.2. The van der Waals surface area contributed by atoms with Crippen molar-refractivity contribution in [3.05, 3.63) is 78.3 Å². The van der Waals surface area contributed by atoms with Crippen LogP contribution in [0, 0.1) is 11.6 Å². The summed E-state index contributed by atoms with van der Waals surface area (Å²) in [6.45, 7) is 0. The number of anilines is 3. The van der Waals surface area contributed by atoms with Crippen LogP contribution < -0.4 is 10.6 Å². The molecule has 2 aromatic carbocycles. The van der Waals surface area contributed by atoms with Crippen LogP contribution in [0.3, 0.4) is 0 Å². The molecule has 0 radical (unpaired) electrons. The molecule has 0 spiro atoms. The zero-order valence-corrected chi connectivity index (χ0v) is 12.3. The predicted octanol–water partition coefficient (Wildman–Crippen LogP) is 3.75. The number of hydrogen-bond donors (Lipinski definition) is 2. The molecule has 0 aliphatic heterocycles. The minimum atomic E-state index is -0.861. The molecular formula is C17H12F2N4O. The number of benzene rings is 2. The summed E-state index contributed by atoms with van der Waals surface area (Å²) in [5.41, 5.74) is 0.243. The summed E-state index contributed by atoms with van der Waals surface area (Å²) in [4.78, 5) is 20.0. The second-order valence-corrected chi connectivity index (χ2v) is 4.83. The standard InChI is InChI=1S/C17H12F2N4O/c18-12-7-4-8-13(19)16(12)23-17(24)14-9-15(21-10-20-14)22-11-5-2-1-3-6-11/h1-10H,(H,23,24)(H,20,21,22). The highest BCUT2D eigenvalue weighted by molar-refractivity contribution is 6.03. The van der Waals surface area contributed by atoms with Crippen molar-refractivity contribution in [1.82, 2.24) is 9.97 Å². The van der Waals surface area contributed by atoms with Crippen molar-refractivity contribution >= 4 is 23.1 Å². The van der Waals surface area contributed by atoms with E-state index in [2.05, 4.69) is 20.6 Å². The Kier molecular flexibility index (Phi) is 4.42. The van der Waals surface area contributed by atoms with Gasteiger partial charge in [-0.15, -0.1) is 0 Å². The van der Waals surface area contributed by atoms with Gasteiger partial charge >= 0.3 is 0 Å². The summed E-state index contributed by atoms with van der Waals surface area (Å²) in [6.07, 6.45) is 1.19. The van der Waals surface area contributed by atoms with Crippen LogP contribution in [0.25, 0.3) is 0 Å². The van der Waals surface area contributed by atoms with E-state index in [1.807, 2.05) is 30.3 Å². The highest BCUT2D eigenvalue weighted by atomic mass is 19.1. The molecule has 7 heteroatoms. The van der Waals surface area contributed by atoms with Crippen molar-refractivity contribution in [2.45, 2.75) is 0 Å². The third-order valence-electron chi connectivity index (χ3n) is 3.15. The predicted molar refractivity (Wildman–Crippen MR) is 86.1 cm³/mol. The van der Waals surface area contributed by atoms with Gasteiger partial charge in [0.2, 0.25) is 0 Å². The minimum absolute atomic E-state index is 0.0221. The van der Waals surface area contributed by atoms with Crippen molar-refractivity contribution in [2.75, 3.05) is 10.6 Å². The molecule has 0 saturated heterocycles. The molecule has 0 atom stereocenters. The molecule has 0 fully saturated rings. The largest absolute Gasteiger partial charge is 0.340 e. The van der Waals surface area contributed by atoms with Crippen molar-refractivity contribution in [1.29, 1.82) is 0 Å². The number of amides is 1. The maximum atomic E-state index is 13.6. The number of halogens is 2. The fraction of sp³-hybridized carbons (Fsp3) is 0. The topological polar surface area (TPSA) is 66.9 Å². The molecule has 1 aromatic heterocycles. The van der Waals surface area contributed by atoms with E-state index in [0.29, 0.717) is 5.82 Å². The third kappa shape index (κ3) is 3.52. The van der Waals surface area contributed by atoms with Gasteiger partial charge in [0.15, 0.2) is 0 Å². The Morgan fingerprint density at radius 3 is 2.33 bits per heavy atom. The number of para-hydroxylation sites is 2. The van der Waals surface area contributed by atoms with Crippen LogP contribution in [-0.4, -0.2) is 15.9 Å². The number of hydrogen-bond acceptors (Lipinski definition) is 4. The molecule has 3 rings (SSSR count). The quantitative estimate of drug-likeness (QED) is 0.766. The SMILES string of the molecule is O=C(Nc1c(F)cccc1F)c1cc(Nc2ccccc2)ncn1. The summed E-state index contributed by atoms with van der Waals surface area (Å²) in [7, 11) is 0. The molecule has 0 saturated carbocycles. The van der Waals surface area contributed by atoms with Crippen LogP contribution in [0.5, 0.6) is 0 Å². The van der Waals surface area contributed by atoms with Crippen molar-refractivity contribution in [2.24, 2.45) is 0 Å². The van der Waals surface area contributed by atoms with Gasteiger partial charge < -0.3 is 10.6 Å². The smallest absolute Gasteiger partial charge is 0.274 e. The molecule has 0 aliphatic rings. The van der Waals surface area contributed by atoms with E-state index in [0.717, 1.165) is 17.8 Å². The Labute approximate surface area is 136 Å². The number of nitrogens with zero attached hydrogens (tertiary/aromatic N) is 2. The first kappa shape index (κ1) is 15.5. The first-order valence-electron chi connectivity index (χ1n) is 7.03. The third-order valence-corrected chi connectivity index (χ3v) is 3.15. The molecule has 0 bridgehead atoms. The van der Waals surface area contributed by atoms with E-state index in [1.54, 1.807) is 0 Å². The molecular weight excluding hydrogens is 314 g/mol. The second-order valence-electron chi connectivity index (χ2n) is 4.83. The molecule has 3 aromatic rings. The second kappa shape index (κ2) is 6.82. The maximum absolute atomic E-state index is 13.6. The summed E-state index contributed by atoms with van der Waals surface area (Å²) in [6, 6.07) is 13.9. The Balaban J connectivity index is 1.80. The van der Waals surface area contributed by atoms with Gasteiger partial charge in [-0.05, 0) is 24.3 Å². The summed E-state index contributed by atoms with van der Waals surface area (Å²) in [5.74, 6) is -2.08. The molecule has 5 nitrogen and oxygen atoms in total. The first-order chi connectivity index (χ1) is 11.6. The van der Waals surface area contributed by atoms with Gasteiger partial charge in [0.25, 0.3) is 5.91 Å². The van der Waals surface area contributed by atoms with Crippen LogP contribution >= 0.6 is 0 Å². The Bertz CT molecular complexity index is 851. The van der Waals surface area contributed by atoms with E-state index >= 15 is 0 Å². The van der Waals surface area contributed by atoms with Crippen molar-refractivity contribution in [3.8, 4) is 0 Å². The van der Waals surface area contributed by atoms with Gasteiger partial charge in [-0.3, -0.25) is 4.79 Å². The van der Waals surface area contributed by atoms with Gasteiger partial charge in [-0.2, -0.15) is 0 Å². The van der Waals surface area contributed by atoms with Crippen molar-refractivity contribution < 1.29 is 13.6 Å². The van der Waals surface area contributed by atoms with Crippen LogP contribution in [0.15, 0.2) is 60.9 Å². The van der Waals surface area contributed by atoms with E-state index < -0.39 is 23.2 Å². The maximum Gasteiger partial charge on any atom is 0.274 e. The van der Waals surface area contributed by atoms with Gasteiger partial charge in [0, 0.05) is 11.8 Å². The first-order valence-corrected chi connectivity index (χ1v) is 7.03.